The second-order valence-electron chi connectivity index (χ2n) is 6.52. The molecule has 0 aromatic rings. The molecule has 1 aliphatic heterocycles. The van der Waals surface area contributed by atoms with E-state index < -0.39 is 0 Å². The summed E-state index contributed by atoms with van der Waals surface area (Å²) in [4.78, 5) is 0. The third kappa shape index (κ3) is 4.55. The molecule has 0 spiro atoms. The zero-order chi connectivity index (χ0) is 11.4. The number of quaternary nitrogens is 1. The Labute approximate surface area is 96.4 Å². The lowest BCUT2D eigenvalue weighted by Crippen LogP contribution is -2.51. The van der Waals surface area contributed by atoms with Crippen LogP contribution in [0.4, 0.5) is 0 Å². The Kier molecular flexibility index (Phi) is 4.64. The number of piperidine rings is 1. The summed E-state index contributed by atoms with van der Waals surface area (Å²) in [5.74, 6) is 0. The van der Waals surface area contributed by atoms with Gasteiger partial charge in [-0.1, -0.05) is 33.6 Å². The van der Waals surface area contributed by atoms with Gasteiger partial charge in [0, 0.05) is 12.8 Å². The molecule has 1 fully saturated rings. The quantitative estimate of drug-likeness (QED) is 0.480. The Hall–Kier alpha value is -0.0400. The minimum atomic E-state index is 0.612. The zero-order valence-electron chi connectivity index (χ0n) is 11.3. The number of hydrogen-bond acceptors (Lipinski definition) is 0. The molecule has 1 nitrogen and oxygen atoms in total. The normalized spacial score (nSPS) is 24.0. The predicted molar refractivity (Wildman–Crippen MR) is 67.9 cm³/mol. The minimum Gasteiger partial charge on any atom is -0.326 e. The van der Waals surface area contributed by atoms with Crippen molar-refractivity contribution >= 4 is 0 Å². The van der Waals surface area contributed by atoms with Crippen LogP contribution in [0.5, 0.6) is 0 Å². The number of unbranched alkanes of at least 4 members (excludes halogenated alkanes) is 3. The molecule has 0 aliphatic carbocycles. The van der Waals surface area contributed by atoms with Crippen molar-refractivity contribution in [2.24, 2.45) is 5.41 Å². The van der Waals surface area contributed by atoms with Crippen molar-refractivity contribution in [3.63, 3.8) is 0 Å². The first kappa shape index (κ1) is 13.0. The highest BCUT2D eigenvalue weighted by Crippen LogP contribution is 2.32. The Morgan fingerprint density at radius 2 is 1.60 bits per heavy atom. The van der Waals surface area contributed by atoms with Gasteiger partial charge < -0.3 is 4.48 Å². The topological polar surface area (TPSA) is 0 Å². The SMILES string of the molecule is CCCCCC[N+]1(C)CCC(C)(C)CC1. The monoisotopic (exact) mass is 212 g/mol. The molecule has 0 N–H and O–H groups in total. The summed E-state index contributed by atoms with van der Waals surface area (Å²) in [7, 11) is 2.46. The fourth-order valence-electron chi connectivity index (χ4n) is 2.53. The van der Waals surface area contributed by atoms with Crippen LogP contribution in [0.15, 0.2) is 0 Å². The van der Waals surface area contributed by atoms with Crippen LogP contribution >= 0.6 is 0 Å². The zero-order valence-corrected chi connectivity index (χ0v) is 11.3. The molecule has 1 heterocycles. The maximum atomic E-state index is 2.46. The van der Waals surface area contributed by atoms with E-state index in [1.54, 1.807) is 0 Å². The van der Waals surface area contributed by atoms with Crippen molar-refractivity contribution in [3.8, 4) is 0 Å². The Morgan fingerprint density at radius 3 is 2.13 bits per heavy atom. The van der Waals surface area contributed by atoms with Crippen LogP contribution in [-0.4, -0.2) is 31.2 Å². The third-order valence-corrected chi connectivity index (χ3v) is 4.21. The second-order valence-corrected chi connectivity index (χ2v) is 6.52. The second kappa shape index (κ2) is 5.34. The standard InChI is InChI=1S/C14H30N/c1-5-6-7-8-11-15(4)12-9-14(2,3)10-13-15/h5-13H2,1-4H3/q+1. The summed E-state index contributed by atoms with van der Waals surface area (Å²) in [6, 6.07) is 0. The number of nitrogens with zero attached hydrogens (tertiary/aromatic N) is 1. The van der Waals surface area contributed by atoms with Gasteiger partial charge in [0.05, 0.1) is 26.7 Å². The molecule has 0 amide bonds. The summed E-state index contributed by atoms with van der Waals surface area (Å²) in [6.07, 6.45) is 8.48. The molecular formula is C14H30N+. The van der Waals surface area contributed by atoms with Gasteiger partial charge in [-0.2, -0.15) is 0 Å². The average Bonchev–Trinajstić information content (AvgIpc) is 2.19. The Bertz CT molecular complexity index is 174. The molecular weight excluding hydrogens is 182 g/mol. The van der Waals surface area contributed by atoms with E-state index in [0.717, 1.165) is 0 Å². The molecule has 0 aromatic heterocycles. The first-order valence-electron chi connectivity index (χ1n) is 6.81. The molecule has 0 atom stereocenters. The van der Waals surface area contributed by atoms with E-state index in [4.69, 9.17) is 0 Å². The van der Waals surface area contributed by atoms with E-state index in [1.807, 2.05) is 0 Å². The van der Waals surface area contributed by atoms with E-state index in [0.29, 0.717) is 5.41 Å². The van der Waals surface area contributed by atoms with Crippen molar-refractivity contribution in [1.82, 2.24) is 0 Å². The van der Waals surface area contributed by atoms with Crippen molar-refractivity contribution in [1.29, 1.82) is 0 Å². The summed E-state index contributed by atoms with van der Waals surface area (Å²) >= 11 is 0. The van der Waals surface area contributed by atoms with E-state index >= 15 is 0 Å². The van der Waals surface area contributed by atoms with Gasteiger partial charge in [0.2, 0.25) is 0 Å². The minimum absolute atomic E-state index is 0.612. The van der Waals surface area contributed by atoms with Gasteiger partial charge in [-0.15, -0.1) is 0 Å². The van der Waals surface area contributed by atoms with Gasteiger partial charge in [-0.05, 0) is 18.3 Å². The summed E-state index contributed by atoms with van der Waals surface area (Å²) in [5, 5.41) is 0. The lowest BCUT2D eigenvalue weighted by Gasteiger charge is -2.43. The maximum absolute atomic E-state index is 2.46. The van der Waals surface area contributed by atoms with Crippen LogP contribution in [0.2, 0.25) is 0 Å². The molecule has 90 valence electrons. The van der Waals surface area contributed by atoms with Crippen LogP contribution in [0.1, 0.15) is 59.3 Å². The fourth-order valence-corrected chi connectivity index (χ4v) is 2.53. The number of rotatable bonds is 5. The highest BCUT2D eigenvalue weighted by molar-refractivity contribution is 4.72. The van der Waals surface area contributed by atoms with Crippen LogP contribution in [0, 0.1) is 5.41 Å². The molecule has 1 saturated heterocycles. The first-order valence-corrected chi connectivity index (χ1v) is 6.81. The van der Waals surface area contributed by atoms with E-state index in [1.165, 1.54) is 62.6 Å². The maximum Gasteiger partial charge on any atom is 0.0789 e. The molecule has 15 heavy (non-hydrogen) atoms. The van der Waals surface area contributed by atoms with Gasteiger partial charge in [0.1, 0.15) is 0 Å². The molecule has 0 saturated carbocycles. The lowest BCUT2D eigenvalue weighted by atomic mass is 9.81. The van der Waals surface area contributed by atoms with Crippen LogP contribution < -0.4 is 0 Å². The highest BCUT2D eigenvalue weighted by Gasteiger charge is 2.33. The van der Waals surface area contributed by atoms with E-state index in [2.05, 4.69) is 27.8 Å². The summed E-state index contributed by atoms with van der Waals surface area (Å²) in [5.41, 5.74) is 0.612. The summed E-state index contributed by atoms with van der Waals surface area (Å²) in [6.45, 7) is 11.4. The molecule has 0 bridgehead atoms. The van der Waals surface area contributed by atoms with Gasteiger partial charge >= 0.3 is 0 Å². The van der Waals surface area contributed by atoms with E-state index in [9.17, 15) is 0 Å². The van der Waals surface area contributed by atoms with Crippen molar-refractivity contribution in [2.75, 3.05) is 26.7 Å². The van der Waals surface area contributed by atoms with Gasteiger partial charge in [0.25, 0.3) is 0 Å². The van der Waals surface area contributed by atoms with Crippen molar-refractivity contribution < 1.29 is 4.48 Å². The Balaban J connectivity index is 2.23. The first-order chi connectivity index (χ1) is 6.97. The molecule has 0 radical (unpaired) electrons. The molecule has 1 aliphatic rings. The smallest absolute Gasteiger partial charge is 0.0789 e. The number of likely N-dealkylation sites (tertiary alicyclic amines) is 1. The molecule has 0 aromatic carbocycles. The summed E-state index contributed by atoms with van der Waals surface area (Å²) < 4.78 is 1.34. The average molecular weight is 212 g/mol. The number of hydrogen-bond donors (Lipinski definition) is 0. The molecule has 1 heteroatoms. The largest absolute Gasteiger partial charge is 0.326 e. The highest BCUT2D eigenvalue weighted by atomic mass is 15.3. The molecule has 0 unspecified atom stereocenters. The predicted octanol–water partition coefficient (Wildman–Crippen LogP) is 3.83. The third-order valence-electron chi connectivity index (χ3n) is 4.21. The van der Waals surface area contributed by atoms with Crippen LogP contribution in [-0.2, 0) is 0 Å². The van der Waals surface area contributed by atoms with E-state index in [-0.39, 0.29) is 0 Å². The van der Waals surface area contributed by atoms with Gasteiger partial charge in [0.15, 0.2) is 0 Å². The lowest BCUT2D eigenvalue weighted by molar-refractivity contribution is -0.916. The van der Waals surface area contributed by atoms with Crippen molar-refractivity contribution in [3.05, 3.63) is 0 Å². The van der Waals surface area contributed by atoms with Gasteiger partial charge in [-0.3, -0.25) is 0 Å². The van der Waals surface area contributed by atoms with Crippen LogP contribution in [0.25, 0.3) is 0 Å². The van der Waals surface area contributed by atoms with Crippen LogP contribution in [0.3, 0.4) is 0 Å². The van der Waals surface area contributed by atoms with Gasteiger partial charge in [-0.25, -0.2) is 0 Å². The Morgan fingerprint density at radius 1 is 1.00 bits per heavy atom. The molecule has 1 rings (SSSR count). The van der Waals surface area contributed by atoms with Crippen molar-refractivity contribution in [2.45, 2.75) is 59.3 Å². The fraction of sp³-hybridized carbons (Fsp3) is 1.00.